The van der Waals surface area contributed by atoms with Crippen molar-refractivity contribution in [1.29, 1.82) is 0 Å². The Morgan fingerprint density at radius 1 is 1.21 bits per heavy atom. The van der Waals surface area contributed by atoms with Gasteiger partial charge in [-0.05, 0) is 5.56 Å². The highest BCUT2D eigenvalue weighted by Crippen LogP contribution is 2.14. The van der Waals surface area contributed by atoms with Crippen LogP contribution in [0.15, 0.2) is 35.3 Å². The Labute approximate surface area is 111 Å². The van der Waals surface area contributed by atoms with E-state index in [0.29, 0.717) is 0 Å². The molecule has 6 nitrogen and oxygen atoms in total. The Kier molecular flexibility index (Phi) is 3.62. The molecule has 1 fully saturated rings. The first kappa shape index (κ1) is 13.2. The van der Waals surface area contributed by atoms with Crippen LogP contribution >= 0.6 is 0 Å². The van der Waals surface area contributed by atoms with Crippen molar-refractivity contribution in [3.8, 4) is 0 Å². The molecule has 3 amide bonds. The number of benzene rings is 1. The van der Waals surface area contributed by atoms with Crippen LogP contribution in [0.5, 0.6) is 0 Å². The molecule has 0 aromatic heterocycles. The topological polar surface area (TPSA) is 79.0 Å². The van der Waals surface area contributed by atoms with Gasteiger partial charge in [0.2, 0.25) is 0 Å². The summed E-state index contributed by atoms with van der Waals surface area (Å²) in [5, 5.41) is 0. The molecule has 1 saturated heterocycles. The zero-order chi connectivity index (χ0) is 14.0. The van der Waals surface area contributed by atoms with Gasteiger partial charge in [0.1, 0.15) is 6.17 Å². The zero-order valence-electron chi connectivity index (χ0n) is 10.9. The van der Waals surface area contributed by atoms with Crippen molar-refractivity contribution in [3.63, 3.8) is 0 Å². The summed E-state index contributed by atoms with van der Waals surface area (Å²) in [6.45, 7) is 0. The average Bonchev–Trinajstić information content (AvgIpc) is 2.44. The summed E-state index contributed by atoms with van der Waals surface area (Å²) < 4.78 is 0. The minimum absolute atomic E-state index is 0.386. The lowest BCUT2D eigenvalue weighted by atomic mass is 10.1. The van der Waals surface area contributed by atoms with Crippen LogP contribution in [0.1, 0.15) is 5.56 Å². The molecule has 6 heteroatoms. The molecule has 0 saturated carbocycles. The van der Waals surface area contributed by atoms with E-state index in [4.69, 9.17) is 5.73 Å². The summed E-state index contributed by atoms with van der Waals surface area (Å²) in [6, 6.07) is 8.23. The summed E-state index contributed by atoms with van der Waals surface area (Å²) in [6.07, 6.45) is 0.857. The van der Waals surface area contributed by atoms with Gasteiger partial charge in [-0.2, -0.15) is 0 Å². The third-order valence-corrected chi connectivity index (χ3v) is 3.13. The number of likely N-dealkylation sites (N-methyl/N-ethyl adjacent to an activating group) is 2. The van der Waals surface area contributed by atoms with Crippen molar-refractivity contribution in [2.24, 2.45) is 10.7 Å². The molecular formula is C13H16N4O2. The van der Waals surface area contributed by atoms with E-state index in [1.165, 1.54) is 11.9 Å². The van der Waals surface area contributed by atoms with Crippen molar-refractivity contribution in [2.45, 2.75) is 12.2 Å². The Hall–Kier alpha value is -2.21. The highest BCUT2D eigenvalue weighted by molar-refractivity contribution is 6.00. The Morgan fingerprint density at radius 2 is 1.84 bits per heavy atom. The molecule has 100 valence electrons. The monoisotopic (exact) mass is 260 g/mol. The quantitative estimate of drug-likeness (QED) is 0.776. The van der Waals surface area contributed by atoms with Crippen LogP contribution in [0, 0.1) is 0 Å². The van der Waals surface area contributed by atoms with Gasteiger partial charge in [-0.3, -0.25) is 14.7 Å². The first-order valence-corrected chi connectivity index (χ1v) is 5.90. The highest BCUT2D eigenvalue weighted by atomic mass is 16.2. The fraction of sp³-hybridized carbons (Fsp3) is 0.308. The standard InChI is InChI=1S/C13H16N4O2/c1-16-11(14)10(12(18)17(2)13(16)19)15-8-9-6-4-3-5-7-9/h3-8,10-11H,14H2,1-2H3. The van der Waals surface area contributed by atoms with Gasteiger partial charge in [-0.25, -0.2) is 4.79 Å². The van der Waals surface area contributed by atoms with Crippen LogP contribution in [-0.4, -0.2) is 54.3 Å². The van der Waals surface area contributed by atoms with Crippen LogP contribution in [0.3, 0.4) is 0 Å². The molecular weight excluding hydrogens is 244 g/mol. The number of carbonyl (C=O) groups excluding carboxylic acids is 2. The van der Waals surface area contributed by atoms with Crippen molar-refractivity contribution < 1.29 is 9.59 Å². The molecule has 2 rings (SSSR count). The van der Waals surface area contributed by atoms with E-state index in [1.807, 2.05) is 30.3 Å². The Balaban J connectivity index is 2.21. The largest absolute Gasteiger partial charge is 0.327 e. The second-order valence-electron chi connectivity index (χ2n) is 4.42. The van der Waals surface area contributed by atoms with Gasteiger partial charge < -0.3 is 10.6 Å². The summed E-state index contributed by atoms with van der Waals surface area (Å²) in [5.41, 5.74) is 6.75. The number of nitrogens with two attached hydrogens (primary N) is 1. The van der Waals surface area contributed by atoms with Gasteiger partial charge in [0.05, 0.1) is 0 Å². The maximum atomic E-state index is 12.0. The third-order valence-electron chi connectivity index (χ3n) is 3.13. The summed E-state index contributed by atoms with van der Waals surface area (Å²) in [5.74, 6) is -0.386. The van der Waals surface area contributed by atoms with Gasteiger partial charge in [0.25, 0.3) is 5.91 Å². The van der Waals surface area contributed by atoms with Gasteiger partial charge in [0.15, 0.2) is 6.04 Å². The van der Waals surface area contributed by atoms with Crippen LogP contribution in [0.25, 0.3) is 0 Å². The molecule has 1 heterocycles. The lowest BCUT2D eigenvalue weighted by Gasteiger charge is -2.37. The molecule has 1 aromatic rings. The number of rotatable bonds is 2. The lowest BCUT2D eigenvalue weighted by Crippen LogP contribution is -2.64. The van der Waals surface area contributed by atoms with E-state index >= 15 is 0 Å². The van der Waals surface area contributed by atoms with E-state index < -0.39 is 18.2 Å². The Bertz CT molecular complexity index is 515. The number of hydrogen-bond acceptors (Lipinski definition) is 4. The minimum atomic E-state index is -0.770. The van der Waals surface area contributed by atoms with Crippen molar-refractivity contribution >= 4 is 18.2 Å². The summed E-state index contributed by atoms with van der Waals surface area (Å²) >= 11 is 0. The number of nitrogens with zero attached hydrogens (tertiary/aromatic N) is 3. The number of carbonyl (C=O) groups is 2. The number of urea groups is 1. The molecule has 2 atom stereocenters. The average molecular weight is 260 g/mol. The van der Waals surface area contributed by atoms with Crippen molar-refractivity contribution in [2.75, 3.05) is 14.1 Å². The maximum absolute atomic E-state index is 12.0. The van der Waals surface area contributed by atoms with E-state index in [9.17, 15) is 9.59 Å². The van der Waals surface area contributed by atoms with Crippen LogP contribution in [0.4, 0.5) is 4.79 Å². The molecule has 2 unspecified atom stereocenters. The predicted molar refractivity (Wildman–Crippen MR) is 71.7 cm³/mol. The SMILES string of the molecule is CN1C(=O)C(N=Cc2ccccc2)C(N)N(C)C1=O. The normalized spacial score (nSPS) is 24.4. The second kappa shape index (κ2) is 5.19. The van der Waals surface area contributed by atoms with Crippen LogP contribution in [0.2, 0.25) is 0 Å². The van der Waals surface area contributed by atoms with Gasteiger partial charge in [-0.15, -0.1) is 0 Å². The molecule has 19 heavy (non-hydrogen) atoms. The van der Waals surface area contributed by atoms with E-state index in [2.05, 4.69) is 4.99 Å². The molecule has 1 aliphatic rings. The number of amides is 3. The molecule has 0 radical (unpaired) electrons. The first-order valence-electron chi connectivity index (χ1n) is 5.90. The molecule has 0 bridgehead atoms. The smallest absolute Gasteiger partial charge is 0.309 e. The van der Waals surface area contributed by atoms with Crippen molar-refractivity contribution in [1.82, 2.24) is 9.80 Å². The molecule has 1 aromatic carbocycles. The summed E-state index contributed by atoms with van der Waals surface area (Å²) in [4.78, 5) is 30.2. The van der Waals surface area contributed by atoms with E-state index in [0.717, 1.165) is 10.5 Å². The zero-order valence-corrected chi connectivity index (χ0v) is 10.9. The first-order chi connectivity index (χ1) is 9.02. The van der Waals surface area contributed by atoms with Crippen LogP contribution in [-0.2, 0) is 4.79 Å². The minimum Gasteiger partial charge on any atom is -0.309 e. The summed E-state index contributed by atoms with van der Waals surface area (Å²) in [7, 11) is 2.99. The molecule has 2 N–H and O–H groups in total. The Morgan fingerprint density at radius 3 is 2.47 bits per heavy atom. The number of hydrogen-bond donors (Lipinski definition) is 1. The fourth-order valence-electron chi connectivity index (χ4n) is 1.87. The molecule has 0 spiro atoms. The molecule has 0 aliphatic carbocycles. The van der Waals surface area contributed by atoms with Crippen molar-refractivity contribution in [3.05, 3.63) is 35.9 Å². The molecule has 1 aliphatic heterocycles. The van der Waals surface area contributed by atoms with Gasteiger partial charge in [0, 0.05) is 20.3 Å². The highest BCUT2D eigenvalue weighted by Gasteiger charge is 2.40. The van der Waals surface area contributed by atoms with Crippen LogP contribution < -0.4 is 5.73 Å². The maximum Gasteiger partial charge on any atom is 0.327 e. The van der Waals surface area contributed by atoms with E-state index in [1.54, 1.807) is 13.3 Å². The van der Waals surface area contributed by atoms with E-state index in [-0.39, 0.29) is 5.91 Å². The lowest BCUT2D eigenvalue weighted by molar-refractivity contribution is -0.132. The second-order valence-corrected chi connectivity index (χ2v) is 4.42. The predicted octanol–water partition coefficient (Wildman–Crippen LogP) is 0.283. The number of imide groups is 1. The van der Waals surface area contributed by atoms with Gasteiger partial charge >= 0.3 is 6.03 Å². The fourth-order valence-corrected chi connectivity index (χ4v) is 1.87. The number of aliphatic imine (C=N–C) groups is 1. The van der Waals surface area contributed by atoms with Gasteiger partial charge in [-0.1, -0.05) is 30.3 Å². The third kappa shape index (κ3) is 2.48.